The molecule has 2 rings (SSSR count). The van der Waals surface area contributed by atoms with Crippen LogP contribution in [0.5, 0.6) is 0 Å². The van der Waals surface area contributed by atoms with Crippen LogP contribution in [0.4, 0.5) is 0 Å². The number of carbonyl (C=O) groups excluding carboxylic acids is 2. The lowest BCUT2D eigenvalue weighted by Crippen LogP contribution is -2.40. The molecule has 0 aromatic rings. The minimum Gasteiger partial charge on any atom is -0.340 e. The molecule has 15 heavy (non-hydrogen) atoms. The Bertz CT molecular complexity index is 280. The van der Waals surface area contributed by atoms with E-state index in [1.807, 2.05) is 0 Å². The second kappa shape index (κ2) is 4.18. The van der Waals surface area contributed by atoms with E-state index < -0.39 is 0 Å². The third-order valence-electron chi connectivity index (χ3n) is 3.07. The minimum absolute atomic E-state index is 0.0400. The Morgan fingerprint density at radius 1 is 1.47 bits per heavy atom. The molecule has 2 N–H and O–H groups in total. The van der Waals surface area contributed by atoms with Crippen LogP contribution in [0.2, 0.25) is 0 Å². The van der Waals surface area contributed by atoms with Crippen molar-refractivity contribution in [2.45, 2.75) is 25.3 Å². The first kappa shape index (κ1) is 10.4. The van der Waals surface area contributed by atoms with E-state index in [9.17, 15) is 9.59 Å². The summed E-state index contributed by atoms with van der Waals surface area (Å²) in [6.07, 6.45) is 2.35. The molecule has 2 aliphatic heterocycles. The maximum atomic E-state index is 11.8. The second-order valence-electron chi connectivity index (χ2n) is 4.31. The lowest BCUT2D eigenvalue weighted by atomic mass is 10.3. The van der Waals surface area contributed by atoms with Gasteiger partial charge >= 0.3 is 0 Å². The largest absolute Gasteiger partial charge is 0.340 e. The summed E-state index contributed by atoms with van der Waals surface area (Å²) in [5.41, 5.74) is 5.72. The van der Waals surface area contributed by atoms with Gasteiger partial charge in [0.25, 0.3) is 0 Å². The number of likely N-dealkylation sites (tertiary alicyclic amines) is 2. The van der Waals surface area contributed by atoms with E-state index in [0.29, 0.717) is 13.0 Å². The van der Waals surface area contributed by atoms with Gasteiger partial charge in [-0.1, -0.05) is 0 Å². The van der Waals surface area contributed by atoms with Crippen LogP contribution < -0.4 is 5.73 Å². The van der Waals surface area contributed by atoms with Gasteiger partial charge in [-0.3, -0.25) is 9.59 Å². The van der Waals surface area contributed by atoms with Crippen LogP contribution in [0.25, 0.3) is 0 Å². The molecule has 2 aliphatic rings. The highest BCUT2D eigenvalue weighted by Gasteiger charge is 2.28. The van der Waals surface area contributed by atoms with E-state index in [-0.39, 0.29) is 24.4 Å². The van der Waals surface area contributed by atoms with Gasteiger partial charge in [0.15, 0.2) is 0 Å². The highest BCUT2D eigenvalue weighted by atomic mass is 16.2. The zero-order chi connectivity index (χ0) is 10.8. The molecule has 0 saturated carbocycles. The molecule has 5 heteroatoms. The minimum atomic E-state index is 0.0400. The predicted molar refractivity (Wildman–Crippen MR) is 55.0 cm³/mol. The quantitative estimate of drug-likeness (QED) is 0.648. The molecule has 0 radical (unpaired) electrons. The Hall–Kier alpha value is -1.10. The normalized spacial score (nSPS) is 26.5. The SMILES string of the molecule is N[C@@H]1CCN(C(=O)CN2CCCC2=O)C1. The predicted octanol–water partition coefficient (Wildman–Crippen LogP) is -0.832. The fraction of sp³-hybridized carbons (Fsp3) is 0.800. The van der Waals surface area contributed by atoms with Crippen molar-refractivity contribution >= 4 is 11.8 Å². The van der Waals surface area contributed by atoms with Crippen molar-refractivity contribution in [3.63, 3.8) is 0 Å². The van der Waals surface area contributed by atoms with E-state index >= 15 is 0 Å². The Balaban J connectivity index is 1.84. The van der Waals surface area contributed by atoms with E-state index in [0.717, 1.165) is 25.9 Å². The summed E-state index contributed by atoms with van der Waals surface area (Å²) >= 11 is 0. The molecule has 2 fully saturated rings. The van der Waals surface area contributed by atoms with Crippen molar-refractivity contribution in [3.05, 3.63) is 0 Å². The summed E-state index contributed by atoms with van der Waals surface area (Å²) in [6, 6.07) is 0.114. The van der Waals surface area contributed by atoms with Crippen LogP contribution in [0.15, 0.2) is 0 Å². The van der Waals surface area contributed by atoms with Crippen molar-refractivity contribution in [1.29, 1.82) is 0 Å². The molecule has 0 spiro atoms. The van der Waals surface area contributed by atoms with Crippen molar-refractivity contribution in [2.24, 2.45) is 5.73 Å². The first-order valence-electron chi connectivity index (χ1n) is 5.48. The zero-order valence-corrected chi connectivity index (χ0v) is 8.82. The maximum Gasteiger partial charge on any atom is 0.242 e. The summed E-state index contributed by atoms with van der Waals surface area (Å²) in [5.74, 6) is 0.144. The van der Waals surface area contributed by atoms with Crippen LogP contribution in [-0.2, 0) is 9.59 Å². The summed E-state index contributed by atoms with van der Waals surface area (Å²) in [6.45, 7) is 2.35. The van der Waals surface area contributed by atoms with Gasteiger partial charge in [0, 0.05) is 32.1 Å². The van der Waals surface area contributed by atoms with Crippen molar-refractivity contribution in [3.8, 4) is 0 Å². The highest BCUT2D eigenvalue weighted by Crippen LogP contribution is 2.12. The maximum absolute atomic E-state index is 11.8. The lowest BCUT2D eigenvalue weighted by molar-refractivity contribution is -0.137. The number of nitrogens with zero attached hydrogens (tertiary/aromatic N) is 2. The Morgan fingerprint density at radius 2 is 2.27 bits per heavy atom. The fourth-order valence-corrected chi connectivity index (χ4v) is 2.15. The van der Waals surface area contributed by atoms with Gasteiger partial charge in [-0.25, -0.2) is 0 Å². The average molecular weight is 211 g/mol. The smallest absolute Gasteiger partial charge is 0.242 e. The van der Waals surface area contributed by atoms with Gasteiger partial charge in [0.05, 0.1) is 6.54 Å². The molecule has 2 heterocycles. The van der Waals surface area contributed by atoms with E-state index in [4.69, 9.17) is 5.73 Å². The molecule has 2 saturated heterocycles. The van der Waals surface area contributed by atoms with Crippen LogP contribution in [0, 0.1) is 0 Å². The third kappa shape index (κ3) is 2.28. The van der Waals surface area contributed by atoms with E-state index in [1.54, 1.807) is 9.80 Å². The van der Waals surface area contributed by atoms with Crippen molar-refractivity contribution in [1.82, 2.24) is 9.80 Å². The van der Waals surface area contributed by atoms with Crippen LogP contribution in [0.1, 0.15) is 19.3 Å². The first-order chi connectivity index (χ1) is 7.16. The summed E-state index contributed by atoms with van der Waals surface area (Å²) < 4.78 is 0. The van der Waals surface area contributed by atoms with Crippen LogP contribution >= 0.6 is 0 Å². The molecule has 0 bridgehead atoms. The Kier molecular flexibility index (Phi) is 2.90. The average Bonchev–Trinajstić information content (AvgIpc) is 2.77. The summed E-state index contributed by atoms with van der Waals surface area (Å²) in [4.78, 5) is 26.5. The highest BCUT2D eigenvalue weighted by molar-refractivity contribution is 5.86. The summed E-state index contributed by atoms with van der Waals surface area (Å²) in [5, 5.41) is 0. The summed E-state index contributed by atoms with van der Waals surface area (Å²) in [7, 11) is 0. The van der Waals surface area contributed by atoms with Crippen molar-refractivity contribution < 1.29 is 9.59 Å². The standard InChI is InChI=1S/C10H17N3O2/c11-8-3-5-13(6-8)10(15)7-12-4-1-2-9(12)14/h8H,1-7,11H2/t8-/m1/s1. The monoisotopic (exact) mass is 211 g/mol. The first-order valence-corrected chi connectivity index (χ1v) is 5.48. The molecule has 0 aliphatic carbocycles. The molecule has 1 atom stereocenters. The number of rotatable bonds is 2. The number of carbonyl (C=O) groups is 2. The molecular weight excluding hydrogens is 194 g/mol. The topological polar surface area (TPSA) is 66.6 Å². The van der Waals surface area contributed by atoms with Crippen LogP contribution in [-0.4, -0.2) is 53.8 Å². The zero-order valence-electron chi connectivity index (χ0n) is 8.82. The molecule has 5 nitrogen and oxygen atoms in total. The number of hydrogen-bond donors (Lipinski definition) is 1. The van der Waals surface area contributed by atoms with Gasteiger partial charge in [0.2, 0.25) is 11.8 Å². The lowest BCUT2D eigenvalue weighted by Gasteiger charge is -2.20. The Morgan fingerprint density at radius 3 is 2.80 bits per heavy atom. The molecule has 0 unspecified atom stereocenters. The van der Waals surface area contributed by atoms with Crippen LogP contribution in [0.3, 0.4) is 0 Å². The number of amides is 2. The van der Waals surface area contributed by atoms with Crippen molar-refractivity contribution in [2.75, 3.05) is 26.2 Å². The van der Waals surface area contributed by atoms with E-state index in [1.165, 1.54) is 0 Å². The third-order valence-corrected chi connectivity index (χ3v) is 3.07. The fourth-order valence-electron chi connectivity index (χ4n) is 2.15. The van der Waals surface area contributed by atoms with Gasteiger partial charge < -0.3 is 15.5 Å². The van der Waals surface area contributed by atoms with Gasteiger partial charge in [-0.15, -0.1) is 0 Å². The molecule has 2 amide bonds. The van der Waals surface area contributed by atoms with Gasteiger partial charge in [0.1, 0.15) is 0 Å². The second-order valence-corrected chi connectivity index (χ2v) is 4.31. The Labute approximate surface area is 89.2 Å². The van der Waals surface area contributed by atoms with Gasteiger partial charge in [-0.05, 0) is 12.8 Å². The van der Waals surface area contributed by atoms with Gasteiger partial charge in [-0.2, -0.15) is 0 Å². The number of nitrogens with two attached hydrogens (primary N) is 1. The molecule has 0 aromatic carbocycles. The molecule has 0 aromatic heterocycles. The number of hydrogen-bond acceptors (Lipinski definition) is 3. The molecule has 84 valence electrons. The molecular formula is C10H17N3O2. The van der Waals surface area contributed by atoms with E-state index in [2.05, 4.69) is 0 Å².